The van der Waals surface area contributed by atoms with Gasteiger partial charge in [0.1, 0.15) is 0 Å². The molecule has 0 N–H and O–H groups in total. The lowest BCUT2D eigenvalue weighted by atomic mass is 10.1. The highest BCUT2D eigenvalue weighted by molar-refractivity contribution is 7.89. The van der Waals surface area contributed by atoms with Gasteiger partial charge in [0.15, 0.2) is 0 Å². The van der Waals surface area contributed by atoms with Gasteiger partial charge in [-0.1, -0.05) is 26.0 Å². The van der Waals surface area contributed by atoms with Crippen LogP contribution in [-0.4, -0.2) is 55.9 Å². The monoisotopic (exact) mass is 436 g/mol. The number of sulfonamides is 1. The second-order valence-corrected chi connectivity index (χ2v) is 9.99. The van der Waals surface area contributed by atoms with Gasteiger partial charge in [0.05, 0.1) is 17.5 Å². The molecule has 1 aromatic heterocycles. The van der Waals surface area contributed by atoms with Crippen molar-refractivity contribution in [3.05, 3.63) is 52.2 Å². The number of carbonyl (C=O) groups is 1. The largest absolute Gasteiger partial charge is 0.376 e. The molecule has 0 unspecified atom stereocenters. The summed E-state index contributed by atoms with van der Waals surface area (Å²) in [5.74, 6) is -0.175. The first-order valence-electron chi connectivity index (χ1n) is 9.99. The third-order valence-corrected chi connectivity index (χ3v) is 7.99. The second-order valence-electron chi connectivity index (χ2n) is 7.02. The summed E-state index contributed by atoms with van der Waals surface area (Å²) in [6, 6.07) is 10.3. The molecule has 1 aliphatic heterocycles. The number of amides is 1. The highest BCUT2D eigenvalue weighted by atomic mass is 32.2. The summed E-state index contributed by atoms with van der Waals surface area (Å²) in [5, 5.41) is 1.99. The number of thiophene rings is 1. The van der Waals surface area contributed by atoms with E-state index in [1.807, 2.05) is 17.5 Å². The fourth-order valence-electron chi connectivity index (χ4n) is 3.53. The Balaban J connectivity index is 1.86. The van der Waals surface area contributed by atoms with Crippen molar-refractivity contribution in [2.75, 3.05) is 26.2 Å². The van der Waals surface area contributed by atoms with Crippen LogP contribution >= 0.6 is 11.3 Å². The Morgan fingerprint density at radius 1 is 1.21 bits per heavy atom. The van der Waals surface area contributed by atoms with E-state index in [1.165, 1.54) is 10.4 Å². The molecule has 1 aromatic carbocycles. The van der Waals surface area contributed by atoms with Gasteiger partial charge in [0.25, 0.3) is 5.91 Å². The standard InChI is InChI=1S/C21H28N2O4S2/c1-3-23(4-2)29(25,26)20-11-5-8-17(14-20)21(24)22(15-18-9-6-12-27-18)16-19-10-7-13-28-19/h5,7-8,10-11,13-14,18H,3-4,6,9,12,15-16H2,1-2H3/t18-/m1/s1. The van der Waals surface area contributed by atoms with E-state index in [0.29, 0.717) is 31.7 Å². The van der Waals surface area contributed by atoms with Crippen molar-refractivity contribution >= 4 is 27.3 Å². The zero-order chi connectivity index (χ0) is 20.9. The highest BCUT2D eigenvalue weighted by Gasteiger charge is 2.26. The van der Waals surface area contributed by atoms with Crippen LogP contribution in [0.3, 0.4) is 0 Å². The van der Waals surface area contributed by atoms with Crippen LogP contribution in [0.25, 0.3) is 0 Å². The minimum atomic E-state index is -3.62. The van der Waals surface area contributed by atoms with Gasteiger partial charge in [-0.15, -0.1) is 11.3 Å². The number of hydrogen-bond acceptors (Lipinski definition) is 5. The second kappa shape index (κ2) is 9.84. The van der Waals surface area contributed by atoms with Crippen LogP contribution in [0.5, 0.6) is 0 Å². The highest BCUT2D eigenvalue weighted by Crippen LogP contribution is 2.22. The minimum absolute atomic E-state index is 0.0292. The Morgan fingerprint density at radius 3 is 2.62 bits per heavy atom. The van der Waals surface area contributed by atoms with Gasteiger partial charge in [-0.3, -0.25) is 4.79 Å². The van der Waals surface area contributed by atoms with Gasteiger partial charge >= 0.3 is 0 Å². The maximum atomic E-state index is 13.3. The first kappa shape index (κ1) is 22.0. The molecule has 3 rings (SSSR count). The van der Waals surface area contributed by atoms with Crippen molar-refractivity contribution in [2.45, 2.75) is 44.2 Å². The third-order valence-electron chi connectivity index (χ3n) is 5.09. The smallest absolute Gasteiger partial charge is 0.254 e. The van der Waals surface area contributed by atoms with Crippen molar-refractivity contribution in [2.24, 2.45) is 0 Å². The number of rotatable bonds is 9. The van der Waals surface area contributed by atoms with E-state index in [9.17, 15) is 13.2 Å². The topological polar surface area (TPSA) is 66.9 Å². The van der Waals surface area contributed by atoms with Crippen LogP contribution in [0.4, 0.5) is 0 Å². The Kier molecular flexibility index (Phi) is 7.45. The lowest BCUT2D eigenvalue weighted by molar-refractivity contribution is 0.0509. The van der Waals surface area contributed by atoms with Crippen molar-refractivity contribution in [3.8, 4) is 0 Å². The molecule has 2 heterocycles. The molecule has 158 valence electrons. The van der Waals surface area contributed by atoms with E-state index in [2.05, 4.69) is 0 Å². The molecular weight excluding hydrogens is 408 g/mol. The predicted octanol–water partition coefficient (Wildman–Crippen LogP) is 3.60. The quantitative estimate of drug-likeness (QED) is 0.602. The summed E-state index contributed by atoms with van der Waals surface area (Å²) < 4.78 is 32.8. The van der Waals surface area contributed by atoms with Gasteiger partial charge in [0.2, 0.25) is 10.0 Å². The van der Waals surface area contributed by atoms with Gasteiger partial charge in [-0.2, -0.15) is 4.31 Å². The molecule has 8 heteroatoms. The lowest BCUT2D eigenvalue weighted by Crippen LogP contribution is -2.37. The molecule has 1 amide bonds. The minimum Gasteiger partial charge on any atom is -0.376 e. The molecule has 6 nitrogen and oxygen atoms in total. The van der Waals surface area contributed by atoms with Crippen LogP contribution in [-0.2, 0) is 21.3 Å². The first-order valence-corrected chi connectivity index (χ1v) is 12.3. The maximum absolute atomic E-state index is 13.3. The van der Waals surface area contributed by atoms with Crippen LogP contribution in [0, 0.1) is 0 Å². The molecule has 1 atom stereocenters. The van der Waals surface area contributed by atoms with Crippen molar-refractivity contribution < 1.29 is 17.9 Å². The van der Waals surface area contributed by atoms with Crippen LogP contribution < -0.4 is 0 Å². The number of ether oxygens (including phenoxy) is 1. The molecule has 0 saturated carbocycles. The molecule has 0 spiro atoms. The first-order chi connectivity index (χ1) is 14.0. The summed E-state index contributed by atoms with van der Waals surface area (Å²) in [6.07, 6.45) is 1.97. The van der Waals surface area contributed by atoms with E-state index >= 15 is 0 Å². The molecule has 1 fully saturated rings. The number of hydrogen-bond donors (Lipinski definition) is 0. The molecule has 0 radical (unpaired) electrons. The van der Waals surface area contributed by atoms with E-state index in [4.69, 9.17) is 4.74 Å². The average molecular weight is 437 g/mol. The van der Waals surface area contributed by atoms with Crippen LogP contribution in [0.2, 0.25) is 0 Å². The summed E-state index contributed by atoms with van der Waals surface area (Å²) in [6.45, 7) is 6.11. The fourth-order valence-corrected chi connectivity index (χ4v) is 5.75. The molecule has 2 aromatic rings. The van der Waals surface area contributed by atoms with Crippen LogP contribution in [0.15, 0.2) is 46.7 Å². The van der Waals surface area contributed by atoms with Gasteiger partial charge < -0.3 is 9.64 Å². The number of benzene rings is 1. The normalized spacial score (nSPS) is 17.0. The average Bonchev–Trinajstić information content (AvgIpc) is 3.42. The lowest BCUT2D eigenvalue weighted by Gasteiger charge is -2.25. The third kappa shape index (κ3) is 5.25. The Hall–Kier alpha value is -1.74. The molecule has 1 aliphatic rings. The Morgan fingerprint density at radius 2 is 2.00 bits per heavy atom. The molecule has 29 heavy (non-hydrogen) atoms. The Bertz CT molecular complexity index is 903. The van der Waals surface area contributed by atoms with Gasteiger partial charge in [-0.25, -0.2) is 8.42 Å². The van der Waals surface area contributed by atoms with Gasteiger partial charge in [0, 0.05) is 36.7 Å². The molecule has 0 bridgehead atoms. The van der Waals surface area contributed by atoms with E-state index in [0.717, 1.165) is 24.3 Å². The van der Waals surface area contributed by atoms with Crippen molar-refractivity contribution in [1.29, 1.82) is 0 Å². The van der Waals surface area contributed by atoms with Gasteiger partial charge in [-0.05, 0) is 42.5 Å². The molecule has 0 aliphatic carbocycles. The molecule has 1 saturated heterocycles. The molecular formula is C21H28N2O4S2. The summed E-state index contributed by atoms with van der Waals surface area (Å²) >= 11 is 1.60. The van der Waals surface area contributed by atoms with Crippen LogP contribution in [0.1, 0.15) is 41.9 Å². The fraction of sp³-hybridized carbons (Fsp3) is 0.476. The maximum Gasteiger partial charge on any atom is 0.254 e. The number of nitrogens with zero attached hydrogens (tertiary/aromatic N) is 2. The van der Waals surface area contributed by atoms with E-state index in [1.54, 1.807) is 48.3 Å². The zero-order valence-electron chi connectivity index (χ0n) is 16.9. The SMILES string of the molecule is CCN(CC)S(=O)(=O)c1cccc(C(=O)N(Cc2cccs2)C[C@H]2CCCO2)c1. The number of carbonyl (C=O) groups excluding carboxylic acids is 1. The summed E-state index contributed by atoms with van der Waals surface area (Å²) in [7, 11) is -3.62. The Labute approximate surface area is 177 Å². The van der Waals surface area contributed by atoms with E-state index in [-0.39, 0.29) is 16.9 Å². The van der Waals surface area contributed by atoms with Crippen molar-refractivity contribution in [3.63, 3.8) is 0 Å². The van der Waals surface area contributed by atoms with Crippen molar-refractivity contribution in [1.82, 2.24) is 9.21 Å². The summed E-state index contributed by atoms with van der Waals surface area (Å²) in [4.78, 5) is 16.3. The van der Waals surface area contributed by atoms with E-state index < -0.39 is 10.0 Å². The predicted molar refractivity (Wildman–Crippen MR) is 115 cm³/mol. The summed E-state index contributed by atoms with van der Waals surface area (Å²) in [5.41, 5.74) is 0.382. The zero-order valence-corrected chi connectivity index (χ0v) is 18.5.